The average Bonchev–Trinajstić information content (AvgIpc) is 3.34. The smallest absolute Gasteiger partial charge is 0.287 e. The van der Waals surface area contributed by atoms with E-state index < -0.39 is 0 Å². The lowest BCUT2D eigenvalue weighted by atomic mass is 9.84. The molecule has 3 aliphatic heterocycles. The highest BCUT2D eigenvalue weighted by Crippen LogP contribution is 2.34. The number of aryl methyl sites for hydroxylation is 1. The molecule has 3 aliphatic rings. The highest BCUT2D eigenvalue weighted by molar-refractivity contribution is 5.90. The van der Waals surface area contributed by atoms with Crippen molar-refractivity contribution in [1.29, 1.82) is 0 Å². The summed E-state index contributed by atoms with van der Waals surface area (Å²) in [5.74, 6) is 2.16. The molecule has 0 aromatic carbocycles. The number of likely N-dealkylation sites (tertiary alicyclic amines) is 1. The molecule has 4 heterocycles. The van der Waals surface area contributed by atoms with E-state index in [-0.39, 0.29) is 12.0 Å². The number of ether oxygens (including phenoxy) is 2. The van der Waals surface area contributed by atoms with Crippen LogP contribution in [0.15, 0.2) is 12.4 Å². The van der Waals surface area contributed by atoms with E-state index in [0.29, 0.717) is 30.1 Å². The van der Waals surface area contributed by atoms with Crippen LogP contribution < -0.4 is 5.32 Å². The Kier molecular flexibility index (Phi) is 5.05. The Bertz CT molecular complexity index is 599. The number of hydrogen-bond donors (Lipinski definition) is 1. The Morgan fingerprint density at radius 2 is 2.32 bits per heavy atom. The molecular formula is C18H28N4O3. The van der Waals surface area contributed by atoms with Gasteiger partial charge in [0.1, 0.15) is 0 Å². The van der Waals surface area contributed by atoms with Gasteiger partial charge in [-0.05, 0) is 31.2 Å². The summed E-state index contributed by atoms with van der Waals surface area (Å²) >= 11 is 0. The zero-order valence-electron chi connectivity index (χ0n) is 14.9. The summed E-state index contributed by atoms with van der Waals surface area (Å²) in [5, 5.41) is 2.99. The van der Waals surface area contributed by atoms with Crippen molar-refractivity contribution in [3.05, 3.63) is 18.2 Å². The van der Waals surface area contributed by atoms with Gasteiger partial charge in [0, 0.05) is 51.6 Å². The van der Waals surface area contributed by atoms with E-state index in [0.717, 1.165) is 45.9 Å². The molecule has 138 valence electrons. The molecular weight excluding hydrogens is 320 g/mol. The van der Waals surface area contributed by atoms with Gasteiger partial charge >= 0.3 is 0 Å². The summed E-state index contributed by atoms with van der Waals surface area (Å²) in [6.07, 6.45) is 5.90. The van der Waals surface area contributed by atoms with Gasteiger partial charge in [0.25, 0.3) is 5.91 Å². The van der Waals surface area contributed by atoms with E-state index in [2.05, 4.69) is 15.2 Å². The van der Waals surface area contributed by atoms with Crippen molar-refractivity contribution < 1.29 is 14.3 Å². The van der Waals surface area contributed by atoms with E-state index >= 15 is 0 Å². The molecule has 3 saturated heterocycles. The van der Waals surface area contributed by atoms with Crippen molar-refractivity contribution in [3.8, 4) is 0 Å². The van der Waals surface area contributed by atoms with Gasteiger partial charge in [-0.1, -0.05) is 0 Å². The van der Waals surface area contributed by atoms with E-state index in [1.54, 1.807) is 17.0 Å². The van der Waals surface area contributed by atoms with Gasteiger partial charge in [0.15, 0.2) is 5.82 Å². The number of fused-ring (bicyclic) bond motifs is 1. The normalized spacial score (nSPS) is 32.7. The molecule has 0 radical (unpaired) electrons. The molecule has 25 heavy (non-hydrogen) atoms. The van der Waals surface area contributed by atoms with Crippen LogP contribution in [0.2, 0.25) is 0 Å². The van der Waals surface area contributed by atoms with Crippen LogP contribution in [0.5, 0.6) is 0 Å². The third-order valence-electron chi connectivity index (χ3n) is 5.91. The molecule has 3 fully saturated rings. The fourth-order valence-corrected chi connectivity index (χ4v) is 4.49. The highest BCUT2D eigenvalue weighted by atomic mass is 16.5. The first-order chi connectivity index (χ1) is 12.2. The first-order valence-corrected chi connectivity index (χ1v) is 9.38. The summed E-state index contributed by atoms with van der Waals surface area (Å²) in [6.45, 7) is 6.63. The average molecular weight is 348 g/mol. The van der Waals surface area contributed by atoms with Crippen LogP contribution in [-0.4, -0.2) is 72.5 Å². The van der Waals surface area contributed by atoms with Crippen LogP contribution in [0, 0.1) is 17.8 Å². The molecule has 1 amide bonds. The van der Waals surface area contributed by atoms with Crippen molar-refractivity contribution in [3.63, 3.8) is 0 Å². The zero-order chi connectivity index (χ0) is 17.2. The van der Waals surface area contributed by atoms with E-state index in [9.17, 15) is 4.79 Å². The van der Waals surface area contributed by atoms with Crippen molar-refractivity contribution in [2.24, 2.45) is 24.8 Å². The van der Waals surface area contributed by atoms with Gasteiger partial charge in [-0.2, -0.15) is 0 Å². The maximum atomic E-state index is 12.2. The second-order valence-electron chi connectivity index (χ2n) is 7.65. The number of piperidine rings is 1. The molecule has 0 saturated carbocycles. The van der Waals surface area contributed by atoms with Gasteiger partial charge in [-0.15, -0.1) is 0 Å². The van der Waals surface area contributed by atoms with Crippen molar-refractivity contribution in [1.82, 2.24) is 19.8 Å². The van der Waals surface area contributed by atoms with Gasteiger partial charge in [-0.3, -0.25) is 4.79 Å². The molecule has 0 unspecified atom stereocenters. The molecule has 4 atom stereocenters. The predicted molar refractivity (Wildman–Crippen MR) is 92.2 cm³/mol. The lowest BCUT2D eigenvalue weighted by Gasteiger charge is -2.36. The summed E-state index contributed by atoms with van der Waals surface area (Å²) < 4.78 is 13.3. The Morgan fingerprint density at radius 1 is 1.40 bits per heavy atom. The molecule has 0 spiro atoms. The van der Waals surface area contributed by atoms with Crippen LogP contribution in [0.4, 0.5) is 0 Å². The second kappa shape index (κ2) is 7.43. The Hall–Kier alpha value is -1.44. The molecule has 1 aromatic heterocycles. The number of rotatable bonds is 5. The van der Waals surface area contributed by atoms with Crippen LogP contribution in [0.1, 0.15) is 23.5 Å². The standard InChI is InChI=1S/C18H28N4O3/c1-21-6-4-19-17(21)18(23)20-8-16-15-2-5-22(10-14(15)12-25-16)9-13-3-7-24-11-13/h4,6,13-16H,2-3,5,7-12H2,1H3,(H,20,23)/t13-,14-,15-,16+/m1/s1. The fourth-order valence-electron chi connectivity index (χ4n) is 4.49. The van der Waals surface area contributed by atoms with Gasteiger partial charge in [0.2, 0.25) is 0 Å². The minimum atomic E-state index is -0.127. The summed E-state index contributed by atoms with van der Waals surface area (Å²) in [5.41, 5.74) is 0. The number of nitrogens with one attached hydrogen (secondary N) is 1. The van der Waals surface area contributed by atoms with Crippen molar-refractivity contribution >= 4 is 5.91 Å². The number of amides is 1. The Morgan fingerprint density at radius 3 is 3.08 bits per heavy atom. The first kappa shape index (κ1) is 17.0. The summed E-state index contributed by atoms with van der Waals surface area (Å²) in [7, 11) is 1.83. The number of aromatic nitrogens is 2. The van der Waals surface area contributed by atoms with Crippen LogP contribution in [-0.2, 0) is 16.5 Å². The maximum absolute atomic E-state index is 12.2. The lowest BCUT2D eigenvalue weighted by Crippen LogP contribution is -2.45. The third-order valence-corrected chi connectivity index (χ3v) is 5.91. The van der Waals surface area contributed by atoms with Gasteiger partial charge in [0.05, 0.1) is 19.3 Å². The summed E-state index contributed by atoms with van der Waals surface area (Å²) in [6, 6.07) is 0. The molecule has 1 N–H and O–H groups in total. The monoisotopic (exact) mass is 348 g/mol. The van der Waals surface area contributed by atoms with E-state index in [1.165, 1.54) is 6.42 Å². The molecule has 1 aromatic rings. The fraction of sp³-hybridized carbons (Fsp3) is 0.778. The topological polar surface area (TPSA) is 68.6 Å². The van der Waals surface area contributed by atoms with Crippen LogP contribution in [0.3, 0.4) is 0 Å². The molecule has 7 heteroatoms. The molecule has 4 rings (SSSR count). The number of hydrogen-bond acceptors (Lipinski definition) is 5. The van der Waals surface area contributed by atoms with Crippen LogP contribution >= 0.6 is 0 Å². The molecule has 0 aliphatic carbocycles. The summed E-state index contributed by atoms with van der Waals surface area (Å²) in [4.78, 5) is 18.9. The number of carbonyl (C=O) groups excluding carboxylic acids is 1. The minimum Gasteiger partial charge on any atom is -0.381 e. The van der Waals surface area contributed by atoms with Gasteiger partial charge < -0.3 is 24.3 Å². The number of carbonyl (C=O) groups is 1. The Balaban J connectivity index is 1.26. The van der Waals surface area contributed by atoms with Crippen molar-refractivity contribution in [2.45, 2.75) is 18.9 Å². The number of imidazole rings is 1. The first-order valence-electron chi connectivity index (χ1n) is 9.38. The highest BCUT2D eigenvalue weighted by Gasteiger charge is 2.41. The third kappa shape index (κ3) is 3.73. The maximum Gasteiger partial charge on any atom is 0.287 e. The SMILES string of the molecule is Cn1ccnc1C(=O)NC[C@@H]1OC[C@H]2CN(C[C@H]3CCOC3)CC[C@H]21. The molecule has 7 nitrogen and oxygen atoms in total. The van der Waals surface area contributed by atoms with Crippen molar-refractivity contribution in [2.75, 3.05) is 46.0 Å². The quantitative estimate of drug-likeness (QED) is 0.840. The molecule has 0 bridgehead atoms. The minimum absolute atomic E-state index is 0.127. The second-order valence-corrected chi connectivity index (χ2v) is 7.65. The van der Waals surface area contributed by atoms with Crippen LogP contribution in [0.25, 0.3) is 0 Å². The zero-order valence-corrected chi connectivity index (χ0v) is 14.9. The van der Waals surface area contributed by atoms with Gasteiger partial charge in [-0.25, -0.2) is 4.98 Å². The lowest BCUT2D eigenvalue weighted by molar-refractivity contribution is 0.0729. The Labute approximate surface area is 148 Å². The number of nitrogens with zero attached hydrogens (tertiary/aromatic N) is 3. The predicted octanol–water partition coefficient (Wildman–Crippen LogP) is 0.523. The van der Waals surface area contributed by atoms with E-state index in [1.807, 2.05) is 7.05 Å². The van der Waals surface area contributed by atoms with E-state index in [4.69, 9.17) is 9.47 Å². The largest absolute Gasteiger partial charge is 0.381 e.